The highest BCUT2D eigenvalue weighted by atomic mass is 32.2. The van der Waals surface area contributed by atoms with Crippen molar-refractivity contribution in [2.24, 2.45) is 0 Å². The standard InChI is InChI=1S/C11H8F3N3OS/c12-11(13,14)9-15-10(17-16-9)19-6-8(18)7-4-2-1-3-5-7/h1-5H,6H2,(H,15,16,17). The van der Waals surface area contributed by atoms with Gasteiger partial charge in [-0.1, -0.05) is 42.1 Å². The molecule has 0 amide bonds. The number of halogens is 3. The smallest absolute Gasteiger partial charge is 0.293 e. The van der Waals surface area contributed by atoms with Crippen LogP contribution in [-0.4, -0.2) is 26.7 Å². The van der Waals surface area contributed by atoms with Crippen molar-refractivity contribution in [1.82, 2.24) is 15.2 Å². The monoisotopic (exact) mass is 287 g/mol. The first kappa shape index (κ1) is 13.6. The van der Waals surface area contributed by atoms with Crippen LogP contribution >= 0.6 is 11.8 Å². The van der Waals surface area contributed by atoms with Gasteiger partial charge in [-0.25, -0.2) is 0 Å². The van der Waals surface area contributed by atoms with Gasteiger partial charge in [0.1, 0.15) is 0 Å². The molecular weight excluding hydrogens is 279 g/mol. The van der Waals surface area contributed by atoms with Crippen LogP contribution in [0.25, 0.3) is 0 Å². The third-order valence-electron chi connectivity index (χ3n) is 2.16. The molecule has 1 heterocycles. The first-order valence-corrected chi connectivity index (χ1v) is 6.16. The highest BCUT2D eigenvalue weighted by Crippen LogP contribution is 2.27. The molecule has 0 unspecified atom stereocenters. The van der Waals surface area contributed by atoms with Crippen molar-refractivity contribution >= 4 is 17.5 Å². The Morgan fingerprint density at radius 1 is 1.26 bits per heavy atom. The molecule has 1 aromatic carbocycles. The van der Waals surface area contributed by atoms with Gasteiger partial charge in [0.25, 0.3) is 0 Å². The Bertz CT molecular complexity index is 568. The van der Waals surface area contributed by atoms with Gasteiger partial charge in [-0.15, -0.1) is 5.10 Å². The van der Waals surface area contributed by atoms with Gasteiger partial charge >= 0.3 is 6.18 Å². The van der Waals surface area contributed by atoms with Crippen LogP contribution in [0.2, 0.25) is 0 Å². The SMILES string of the molecule is O=C(CSc1n[nH]c(C(F)(F)F)n1)c1ccccc1. The van der Waals surface area contributed by atoms with E-state index in [0.717, 1.165) is 11.8 Å². The summed E-state index contributed by atoms with van der Waals surface area (Å²) in [5.41, 5.74) is 0.501. The molecule has 0 fully saturated rings. The van der Waals surface area contributed by atoms with Crippen LogP contribution in [0.5, 0.6) is 0 Å². The molecule has 0 aliphatic heterocycles. The molecule has 8 heteroatoms. The minimum Gasteiger partial charge on any atom is -0.293 e. The van der Waals surface area contributed by atoms with Crippen molar-refractivity contribution in [3.63, 3.8) is 0 Å². The van der Waals surface area contributed by atoms with E-state index in [4.69, 9.17) is 0 Å². The first-order chi connectivity index (χ1) is 8.97. The highest BCUT2D eigenvalue weighted by Gasteiger charge is 2.35. The van der Waals surface area contributed by atoms with Gasteiger partial charge in [0.05, 0.1) is 5.75 Å². The molecule has 0 atom stereocenters. The van der Waals surface area contributed by atoms with Crippen LogP contribution in [0.4, 0.5) is 13.2 Å². The number of carbonyl (C=O) groups excluding carboxylic acids is 1. The highest BCUT2D eigenvalue weighted by molar-refractivity contribution is 7.99. The van der Waals surface area contributed by atoms with Gasteiger partial charge in [-0.2, -0.15) is 18.2 Å². The maximum atomic E-state index is 12.3. The first-order valence-electron chi connectivity index (χ1n) is 5.17. The Morgan fingerprint density at radius 2 is 1.95 bits per heavy atom. The Kier molecular flexibility index (Phi) is 3.89. The maximum absolute atomic E-state index is 12.3. The summed E-state index contributed by atoms with van der Waals surface area (Å²) in [6, 6.07) is 8.48. The second-order valence-electron chi connectivity index (χ2n) is 3.54. The number of thioether (sulfide) groups is 1. The maximum Gasteiger partial charge on any atom is 0.451 e. The van der Waals surface area contributed by atoms with Crippen LogP contribution in [0.3, 0.4) is 0 Å². The average Bonchev–Trinajstić information content (AvgIpc) is 2.86. The van der Waals surface area contributed by atoms with Crippen LogP contribution in [-0.2, 0) is 6.18 Å². The minimum absolute atomic E-state index is 0.0147. The van der Waals surface area contributed by atoms with Gasteiger partial charge < -0.3 is 0 Å². The molecule has 0 bridgehead atoms. The molecule has 0 spiro atoms. The number of hydrogen-bond donors (Lipinski definition) is 1. The van der Waals surface area contributed by atoms with Gasteiger partial charge in [-0.3, -0.25) is 9.89 Å². The van der Waals surface area contributed by atoms with Gasteiger partial charge in [0.2, 0.25) is 11.0 Å². The lowest BCUT2D eigenvalue weighted by Crippen LogP contribution is -2.07. The number of benzene rings is 1. The van der Waals surface area contributed by atoms with Gasteiger partial charge in [0, 0.05) is 5.56 Å². The molecule has 2 aromatic rings. The number of ketones is 1. The number of aromatic nitrogens is 3. The summed E-state index contributed by atoms with van der Waals surface area (Å²) < 4.78 is 36.8. The topological polar surface area (TPSA) is 58.6 Å². The largest absolute Gasteiger partial charge is 0.451 e. The summed E-state index contributed by atoms with van der Waals surface area (Å²) in [5.74, 6) is -1.37. The number of aromatic amines is 1. The summed E-state index contributed by atoms with van der Waals surface area (Å²) >= 11 is 0.857. The van der Waals surface area contributed by atoms with Crippen molar-refractivity contribution in [3.05, 3.63) is 41.7 Å². The number of rotatable bonds is 4. The second-order valence-corrected chi connectivity index (χ2v) is 4.48. The van der Waals surface area contributed by atoms with E-state index in [1.165, 1.54) is 0 Å². The zero-order chi connectivity index (χ0) is 13.9. The van der Waals surface area contributed by atoms with E-state index in [0.29, 0.717) is 5.56 Å². The van der Waals surface area contributed by atoms with E-state index >= 15 is 0 Å². The summed E-state index contributed by atoms with van der Waals surface area (Å²) in [5, 5.41) is 5.09. The lowest BCUT2D eigenvalue weighted by atomic mass is 10.2. The molecule has 19 heavy (non-hydrogen) atoms. The number of nitrogens with zero attached hydrogens (tertiary/aromatic N) is 2. The zero-order valence-corrected chi connectivity index (χ0v) is 10.3. The van der Waals surface area contributed by atoms with E-state index < -0.39 is 12.0 Å². The van der Waals surface area contributed by atoms with Crippen LogP contribution in [0, 0.1) is 0 Å². The predicted molar refractivity (Wildman–Crippen MR) is 62.9 cm³/mol. The molecule has 0 saturated carbocycles. The van der Waals surface area contributed by atoms with E-state index in [-0.39, 0.29) is 16.7 Å². The number of H-pyrrole nitrogens is 1. The molecule has 2 rings (SSSR count). The van der Waals surface area contributed by atoms with Crippen LogP contribution in [0.1, 0.15) is 16.2 Å². The van der Waals surface area contributed by atoms with Crippen molar-refractivity contribution in [2.45, 2.75) is 11.3 Å². The zero-order valence-electron chi connectivity index (χ0n) is 9.44. The number of carbonyl (C=O) groups is 1. The third kappa shape index (κ3) is 3.57. The molecule has 0 radical (unpaired) electrons. The second kappa shape index (κ2) is 5.43. The molecule has 100 valence electrons. The third-order valence-corrected chi connectivity index (χ3v) is 3.01. The van der Waals surface area contributed by atoms with Gasteiger partial charge in [-0.05, 0) is 0 Å². The normalized spacial score (nSPS) is 11.5. The van der Waals surface area contributed by atoms with E-state index in [1.54, 1.807) is 35.4 Å². The number of alkyl halides is 3. The molecule has 0 saturated heterocycles. The summed E-state index contributed by atoms with van der Waals surface area (Å²) in [6.45, 7) is 0. The number of Topliss-reactive ketones (excluding diaryl/α,β-unsaturated/α-hetero) is 1. The van der Waals surface area contributed by atoms with E-state index in [9.17, 15) is 18.0 Å². The molecule has 1 N–H and O–H groups in total. The fourth-order valence-electron chi connectivity index (χ4n) is 1.28. The van der Waals surface area contributed by atoms with Gasteiger partial charge in [0.15, 0.2) is 5.78 Å². The molecule has 1 aromatic heterocycles. The van der Waals surface area contributed by atoms with E-state index in [1.807, 2.05) is 0 Å². The predicted octanol–water partition coefficient (Wildman–Crippen LogP) is 2.80. The van der Waals surface area contributed by atoms with Crippen molar-refractivity contribution in [1.29, 1.82) is 0 Å². The van der Waals surface area contributed by atoms with Crippen molar-refractivity contribution in [2.75, 3.05) is 5.75 Å². The fourth-order valence-corrected chi connectivity index (χ4v) is 1.97. The lowest BCUT2D eigenvalue weighted by Gasteiger charge is -1.99. The summed E-state index contributed by atoms with van der Waals surface area (Å²) in [6.07, 6.45) is -4.56. The number of nitrogens with one attached hydrogen (secondary N) is 1. The molecular formula is C11H8F3N3OS. The Hall–Kier alpha value is -1.83. The quantitative estimate of drug-likeness (QED) is 0.694. The Labute approximate surface area is 110 Å². The Morgan fingerprint density at radius 3 is 2.53 bits per heavy atom. The summed E-state index contributed by atoms with van der Waals surface area (Å²) in [4.78, 5) is 15.0. The number of hydrogen-bond acceptors (Lipinski definition) is 4. The molecule has 4 nitrogen and oxygen atoms in total. The van der Waals surface area contributed by atoms with Crippen LogP contribution in [0.15, 0.2) is 35.5 Å². The van der Waals surface area contributed by atoms with E-state index in [2.05, 4.69) is 10.1 Å². The summed E-state index contributed by atoms with van der Waals surface area (Å²) in [7, 11) is 0. The van der Waals surface area contributed by atoms with Crippen molar-refractivity contribution < 1.29 is 18.0 Å². The lowest BCUT2D eigenvalue weighted by molar-refractivity contribution is -0.144. The van der Waals surface area contributed by atoms with Crippen molar-refractivity contribution in [3.8, 4) is 0 Å². The average molecular weight is 287 g/mol. The Balaban J connectivity index is 1.96. The molecule has 0 aliphatic rings. The van der Waals surface area contributed by atoms with Crippen LogP contribution < -0.4 is 0 Å². The molecule has 0 aliphatic carbocycles. The fraction of sp³-hybridized carbons (Fsp3) is 0.182. The minimum atomic E-state index is -4.56.